The Hall–Kier alpha value is -1.58. The SMILES string of the molecule is C[NH+](C)CC[NH2+]Cc1ccc(-c2ccccc2)o1. The summed E-state index contributed by atoms with van der Waals surface area (Å²) >= 11 is 0. The van der Waals surface area contributed by atoms with Gasteiger partial charge < -0.3 is 14.6 Å². The molecule has 0 spiro atoms. The summed E-state index contributed by atoms with van der Waals surface area (Å²) in [5.41, 5.74) is 1.14. The lowest BCUT2D eigenvalue weighted by atomic mass is 10.2. The highest BCUT2D eigenvalue weighted by atomic mass is 16.3. The number of benzene rings is 1. The molecule has 3 heteroatoms. The molecule has 2 aromatic rings. The van der Waals surface area contributed by atoms with Crippen LogP contribution in [-0.2, 0) is 6.54 Å². The van der Waals surface area contributed by atoms with Gasteiger partial charge in [0, 0.05) is 5.56 Å². The lowest BCUT2D eigenvalue weighted by Gasteiger charge is -2.04. The van der Waals surface area contributed by atoms with Crippen molar-refractivity contribution in [3.63, 3.8) is 0 Å². The van der Waals surface area contributed by atoms with E-state index in [9.17, 15) is 0 Å². The van der Waals surface area contributed by atoms with Crippen molar-refractivity contribution in [1.29, 1.82) is 0 Å². The van der Waals surface area contributed by atoms with E-state index in [2.05, 4.69) is 43.7 Å². The predicted molar refractivity (Wildman–Crippen MR) is 72.3 cm³/mol. The van der Waals surface area contributed by atoms with Crippen molar-refractivity contribution in [1.82, 2.24) is 0 Å². The highest BCUT2D eigenvalue weighted by Gasteiger charge is 2.05. The van der Waals surface area contributed by atoms with E-state index in [1.807, 2.05) is 18.2 Å². The van der Waals surface area contributed by atoms with E-state index in [1.165, 1.54) is 11.4 Å². The van der Waals surface area contributed by atoms with E-state index in [-0.39, 0.29) is 0 Å². The minimum atomic E-state index is 0.917. The number of nitrogens with two attached hydrogens (primary N) is 1. The Morgan fingerprint density at radius 1 is 1.06 bits per heavy atom. The zero-order chi connectivity index (χ0) is 12.8. The van der Waals surface area contributed by atoms with Crippen molar-refractivity contribution in [3.8, 4) is 11.3 Å². The van der Waals surface area contributed by atoms with Crippen molar-refractivity contribution >= 4 is 0 Å². The second-order valence-corrected chi connectivity index (χ2v) is 4.87. The van der Waals surface area contributed by atoms with Crippen molar-refractivity contribution in [2.45, 2.75) is 6.54 Å². The summed E-state index contributed by atoms with van der Waals surface area (Å²) in [6.07, 6.45) is 0. The molecular weight excluding hydrogens is 224 g/mol. The third kappa shape index (κ3) is 3.72. The standard InChI is InChI=1S/C15H20N2O/c1-17(2)11-10-16-12-14-8-9-15(18-14)13-6-4-3-5-7-13/h3-9,16H,10-12H2,1-2H3/p+2. The third-order valence-electron chi connectivity index (χ3n) is 2.91. The van der Waals surface area contributed by atoms with Gasteiger partial charge in [-0.1, -0.05) is 30.3 Å². The first kappa shape index (κ1) is 12.9. The van der Waals surface area contributed by atoms with Crippen molar-refractivity contribution in [2.24, 2.45) is 0 Å². The van der Waals surface area contributed by atoms with Crippen LogP contribution in [0.1, 0.15) is 5.76 Å². The topological polar surface area (TPSA) is 34.2 Å². The molecule has 2 rings (SSSR count). The molecule has 1 aromatic carbocycles. The van der Waals surface area contributed by atoms with E-state index in [0.29, 0.717) is 0 Å². The number of quaternary nitrogens is 2. The van der Waals surface area contributed by atoms with Crippen LogP contribution in [0.25, 0.3) is 11.3 Å². The van der Waals surface area contributed by atoms with Gasteiger partial charge in [0.2, 0.25) is 0 Å². The minimum absolute atomic E-state index is 0.917. The fourth-order valence-corrected chi connectivity index (χ4v) is 1.88. The summed E-state index contributed by atoms with van der Waals surface area (Å²) in [6, 6.07) is 14.3. The fourth-order valence-electron chi connectivity index (χ4n) is 1.88. The lowest BCUT2D eigenvalue weighted by molar-refractivity contribution is -0.875. The average molecular weight is 246 g/mol. The fraction of sp³-hybridized carbons (Fsp3) is 0.333. The zero-order valence-corrected chi connectivity index (χ0v) is 11.1. The quantitative estimate of drug-likeness (QED) is 0.699. The number of likely N-dealkylation sites (N-methyl/N-ethyl adjacent to an activating group) is 1. The van der Waals surface area contributed by atoms with Gasteiger partial charge in [-0.25, -0.2) is 0 Å². The minimum Gasteiger partial charge on any atom is -0.455 e. The largest absolute Gasteiger partial charge is 0.455 e. The Kier molecular flexibility index (Phi) is 4.56. The van der Waals surface area contributed by atoms with E-state index in [1.54, 1.807) is 0 Å². The normalized spacial score (nSPS) is 11.1. The molecular formula is C15H22N2O+2. The molecule has 0 aliphatic rings. The molecule has 0 aliphatic carbocycles. The van der Waals surface area contributed by atoms with Gasteiger partial charge >= 0.3 is 0 Å². The second-order valence-electron chi connectivity index (χ2n) is 4.87. The molecule has 0 saturated carbocycles. The molecule has 18 heavy (non-hydrogen) atoms. The maximum Gasteiger partial charge on any atom is 0.158 e. The first-order valence-electron chi connectivity index (χ1n) is 6.50. The van der Waals surface area contributed by atoms with E-state index < -0.39 is 0 Å². The molecule has 0 radical (unpaired) electrons. The first-order valence-corrected chi connectivity index (χ1v) is 6.50. The molecule has 0 bridgehead atoms. The predicted octanol–water partition coefficient (Wildman–Crippen LogP) is 0.155. The van der Waals surface area contributed by atoms with Gasteiger partial charge in [-0.3, -0.25) is 0 Å². The van der Waals surface area contributed by atoms with Gasteiger partial charge in [0.25, 0.3) is 0 Å². The summed E-state index contributed by atoms with van der Waals surface area (Å²) in [5, 5.41) is 2.29. The monoisotopic (exact) mass is 246 g/mol. The number of furan rings is 1. The van der Waals surface area contributed by atoms with Crippen LogP contribution in [0, 0.1) is 0 Å². The molecule has 0 fully saturated rings. The number of nitrogens with one attached hydrogen (secondary N) is 1. The van der Waals surface area contributed by atoms with Crippen molar-refractivity contribution < 1.29 is 14.6 Å². The summed E-state index contributed by atoms with van der Waals surface area (Å²) < 4.78 is 5.84. The van der Waals surface area contributed by atoms with E-state index in [0.717, 1.165) is 30.2 Å². The highest BCUT2D eigenvalue weighted by molar-refractivity contribution is 5.57. The zero-order valence-electron chi connectivity index (χ0n) is 11.1. The van der Waals surface area contributed by atoms with Crippen LogP contribution in [-0.4, -0.2) is 27.2 Å². The van der Waals surface area contributed by atoms with Crippen LogP contribution in [0.4, 0.5) is 0 Å². The molecule has 3 N–H and O–H groups in total. The van der Waals surface area contributed by atoms with Crippen LogP contribution in [0.15, 0.2) is 46.9 Å². The van der Waals surface area contributed by atoms with Gasteiger partial charge in [0.05, 0.1) is 14.1 Å². The smallest absolute Gasteiger partial charge is 0.158 e. The molecule has 3 nitrogen and oxygen atoms in total. The Balaban J connectivity index is 1.87. The van der Waals surface area contributed by atoms with Crippen LogP contribution in [0.3, 0.4) is 0 Å². The lowest BCUT2D eigenvalue weighted by Crippen LogP contribution is -3.09. The Bertz CT molecular complexity index is 462. The summed E-state index contributed by atoms with van der Waals surface area (Å²) in [6.45, 7) is 3.22. The molecule has 0 atom stereocenters. The molecule has 1 aromatic heterocycles. The van der Waals surface area contributed by atoms with Gasteiger partial charge in [-0.15, -0.1) is 0 Å². The average Bonchev–Trinajstić information content (AvgIpc) is 2.84. The maximum absolute atomic E-state index is 5.84. The second kappa shape index (κ2) is 6.38. The molecule has 0 amide bonds. The third-order valence-corrected chi connectivity index (χ3v) is 2.91. The van der Waals surface area contributed by atoms with Crippen LogP contribution in [0.5, 0.6) is 0 Å². The number of hydrogen-bond donors (Lipinski definition) is 2. The van der Waals surface area contributed by atoms with Gasteiger partial charge in [0.1, 0.15) is 25.4 Å². The van der Waals surface area contributed by atoms with Gasteiger partial charge in [-0.05, 0) is 12.1 Å². The molecule has 96 valence electrons. The summed E-state index contributed by atoms with van der Waals surface area (Å²) in [4.78, 5) is 1.48. The number of rotatable bonds is 6. The first-order chi connectivity index (χ1) is 8.75. The van der Waals surface area contributed by atoms with Crippen LogP contribution >= 0.6 is 0 Å². The molecule has 1 heterocycles. The summed E-state index contributed by atoms with van der Waals surface area (Å²) in [5.74, 6) is 2.00. The molecule has 0 aliphatic heterocycles. The maximum atomic E-state index is 5.84. The Morgan fingerprint density at radius 2 is 1.83 bits per heavy atom. The van der Waals surface area contributed by atoms with Crippen molar-refractivity contribution in [2.75, 3.05) is 27.2 Å². The molecule has 0 saturated heterocycles. The van der Waals surface area contributed by atoms with E-state index in [4.69, 9.17) is 4.42 Å². The Labute approximate surface area is 108 Å². The van der Waals surface area contributed by atoms with Gasteiger partial charge in [-0.2, -0.15) is 0 Å². The number of hydrogen-bond acceptors (Lipinski definition) is 1. The van der Waals surface area contributed by atoms with Crippen molar-refractivity contribution in [3.05, 3.63) is 48.2 Å². The Morgan fingerprint density at radius 3 is 2.56 bits per heavy atom. The molecule has 0 unspecified atom stereocenters. The van der Waals surface area contributed by atoms with Crippen LogP contribution < -0.4 is 10.2 Å². The van der Waals surface area contributed by atoms with E-state index >= 15 is 0 Å². The van der Waals surface area contributed by atoms with Gasteiger partial charge in [0.15, 0.2) is 5.76 Å². The summed E-state index contributed by atoms with van der Waals surface area (Å²) in [7, 11) is 4.35. The highest BCUT2D eigenvalue weighted by Crippen LogP contribution is 2.20. The van der Waals surface area contributed by atoms with Crippen LogP contribution in [0.2, 0.25) is 0 Å².